The number of nitro benzene ring substituents is 4. The first-order valence-electron chi connectivity index (χ1n) is 34.8. The Kier molecular flexibility index (Phi) is 28.1. The molecule has 0 aliphatic heterocycles. The highest BCUT2D eigenvalue weighted by atomic mass is 16.6. The molecule has 0 heterocycles. The van der Waals surface area contributed by atoms with Gasteiger partial charge in [0.25, 0.3) is 46.4 Å². The third-order valence-electron chi connectivity index (χ3n) is 21.2. The molecule has 0 aromatic heterocycles. The molecule has 4 aliphatic carbocycles. The van der Waals surface area contributed by atoms with Gasteiger partial charge < -0.3 is 81.6 Å². The van der Waals surface area contributed by atoms with Crippen LogP contribution in [0.4, 0.5) is 22.7 Å². The largest absolute Gasteiger partial charge is 0.488 e. The number of carbonyl (C=O) groups excluding carboxylic acids is 6. The number of hydrogen-bond acceptors (Lipinski definition) is 25. The molecule has 8 rings (SSSR count). The highest BCUT2D eigenvalue weighted by Crippen LogP contribution is 2.50. The van der Waals surface area contributed by atoms with Gasteiger partial charge in [-0.1, -0.05) is 51.9 Å². The van der Waals surface area contributed by atoms with Crippen molar-refractivity contribution >= 4 is 109 Å². The number of amides is 6. The van der Waals surface area contributed by atoms with Gasteiger partial charge in [-0.25, -0.2) is 0 Å². The molecule has 9 atom stereocenters. The summed E-state index contributed by atoms with van der Waals surface area (Å²) in [6, 6.07) is 7.53. The molecular formula is C65H87B4N11O24. The van der Waals surface area contributed by atoms with E-state index in [9.17, 15) is 120 Å². The summed E-state index contributed by atoms with van der Waals surface area (Å²) in [6.45, 7) is 0.896. The second-order valence-electron chi connectivity index (χ2n) is 27.7. The lowest BCUT2D eigenvalue weighted by atomic mass is 9.62. The molecule has 9 unspecified atom stereocenters. The standard InChI is InChI=1S/C65H87B4N11O24/c1-39-40(11-3-2-9-23-70-58(81)37-75(62(85)43-27-48(68(92)93)35-52(31-43)79(101)102)56-14-6-4-12-54(56)72-60(83)41-25-46(66(88)89)33-50(29-41)77(97)98)16-17-45-18-20-64(45,74-96)21-22-65(39,87)19-8-10-24-71-59(82)38-76(63(86)44-28-49(69(94)95)36-53(32-44)80(103)104)57-15-7-5-13-55(57)73-61(84)42-26-47(67(90)91)34-51(30-42)78(99)100/h25-36,39-40,45,54-57,74,87-96H,2-24,37-38H2,1H3,(H,70,81)(H,71,82)(H,72,83)(H,73,84). The van der Waals surface area contributed by atoms with Gasteiger partial charge in [-0.15, -0.1) is 0 Å². The topological polar surface area (TPSA) is 544 Å². The number of hydrogen-bond donors (Lipinski definition) is 15. The molecule has 104 heavy (non-hydrogen) atoms. The van der Waals surface area contributed by atoms with Gasteiger partial charge in [0.15, 0.2) is 0 Å². The van der Waals surface area contributed by atoms with Gasteiger partial charge in [0.2, 0.25) is 11.8 Å². The summed E-state index contributed by atoms with van der Waals surface area (Å²) in [5.74, 6) is -5.10. The Labute approximate surface area is 598 Å². The number of non-ortho nitro benzene ring substituents is 4. The van der Waals surface area contributed by atoms with Crippen LogP contribution in [-0.2, 0) is 9.59 Å². The molecule has 6 amide bonds. The first-order chi connectivity index (χ1) is 49.3. The summed E-state index contributed by atoms with van der Waals surface area (Å²) >= 11 is 0. The molecule has 4 aliphatic rings. The number of benzene rings is 4. The van der Waals surface area contributed by atoms with Crippen molar-refractivity contribution in [2.45, 2.75) is 177 Å². The third kappa shape index (κ3) is 20.5. The second kappa shape index (κ2) is 36.2. The quantitative estimate of drug-likeness (QED) is 0.0130. The van der Waals surface area contributed by atoms with Crippen LogP contribution >= 0.6 is 0 Å². The molecule has 0 saturated heterocycles. The summed E-state index contributed by atoms with van der Waals surface area (Å²) in [5.41, 5.74) is -4.69. The van der Waals surface area contributed by atoms with Crippen molar-refractivity contribution in [3.63, 3.8) is 0 Å². The lowest BCUT2D eigenvalue weighted by molar-refractivity contribution is -0.385. The van der Waals surface area contributed by atoms with E-state index in [2.05, 4.69) is 26.7 Å². The van der Waals surface area contributed by atoms with Gasteiger partial charge >= 0.3 is 28.5 Å². The summed E-state index contributed by atoms with van der Waals surface area (Å²) in [6.07, 6.45) is 10.2. The van der Waals surface area contributed by atoms with E-state index in [0.717, 1.165) is 102 Å². The van der Waals surface area contributed by atoms with E-state index in [1.54, 1.807) is 0 Å². The van der Waals surface area contributed by atoms with Gasteiger partial charge in [0.1, 0.15) is 13.1 Å². The van der Waals surface area contributed by atoms with Crippen LogP contribution in [0.3, 0.4) is 0 Å². The Morgan fingerprint density at radius 3 is 1.24 bits per heavy atom. The highest BCUT2D eigenvalue weighted by molar-refractivity contribution is 6.60. The molecular weight excluding hydrogens is 1360 g/mol. The summed E-state index contributed by atoms with van der Waals surface area (Å²) < 4.78 is 0. The molecule has 0 radical (unpaired) electrons. The lowest BCUT2D eigenvalue weighted by Gasteiger charge is -2.49. The van der Waals surface area contributed by atoms with Crippen molar-refractivity contribution in [3.05, 3.63) is 136 Å². The van der Waals surface area contributed by atoms with Crippen LogP contribution < -0.4 is 48.6 Å². The van der Waals surface area contributed by atoms with Crippen LogP contribution in [0.5, 0.6) is 0 Å². The number of nitrogens with zero attached hydrogens (tertiary/aromatic N) is 6. The van der Waals surface area contributed by atoms with Gasteiger partial charge in [-0.3, -0.25) is 69.2 Å². The number of nitrogens with one attached hydrogen (secondary N) is 5. The fourth-order valence-corrected chi connectivity index (χ4v) is 15.2. The van der Waals surface area contributed by atoms with E-state index in [0.29, 0.717) is 83.5 Å². The van der Waals surface area contributed by atoms with E-state index in [-0.39, 0.29) is 102 Å². The SMILES string of the molecule is CC1C(CCCCCNC(=O)CN(C(=O)c2cc(B(O)O)cc([N+](=O)[O-])c2)C2CCCCC2NC(=O)c2cc(B(O)O)cc([N+](=O)[O-])c2)CCC2CCC2(NO)CCC1(O)CCCCNC(=O)CN(C(=O)c1cc(B(O)O)cc([N+](=O)[O-])c1)C1CCCCC1NC(=O)c1cc(B(O)O)cc([N+](=O)[O-])c1. The molecule has 558 valence electrons. The van der Waals surface area contributed by atoms with Crippen molar-refractivity contribution in [3.8, 4) is 0 Å². The number of carbonyl (C=O) groups is 6. The molecule has 15 N–H and O–H groups in total. The maximum absolute atomic E-state index is 14.7. The Morgan fingerprint density at radius 1 is 0.481 bits per heavy atom. The third-order valence-corrected chi connectivity index (χ3v) is 21.2. The first kappa shape index (κ1) is 80.8. The monoisotopic (exact) mass is 1450 g/mol. The van der Waals surface area contributed by atoms with Crippen molar-refractivity contribution in [2.24, 2.45) is 17.8 Å². The van der Waals surface area contributed by atoms with Crippen LogP contribution in [-0.4, -0.2) is 205 Å². The van der Waals surface area contributed by atoms with Crippen LogP contribution in [0.15, 0.2) is 72.8 Å². The first-order valence-corrected chi connectivity index (χ1v) is 34.8. The van der Waals surface area contributed by atoms with Gasteiger partial charge in [-0.2, -0.15) is 5.48 Å². The maximum atomic E-state index is 14.7. The number of aliphatic hydroxyl groups is 1. The number of nitro groups is 4. The summed E-state index contributed by atoms with van der Waals surface area (Å²) in [7, 11) is -8.82. The Hall–Kier alpha value is -8.88. The van der Waals surface area contributed by atoms with E-state index >= 15 is 0 Å². The van der Waals surface area contributed by atoms with Crippen LogP contribution in [0, 0.1) is 58.2 Å². The van der Waals surface area contributed by atoms with Crippen molar-refractivity contribution in [2.75, 3.05) is 26.2 Å². The zero-order valence-electron chi connectivity index (χ0n) is 57.3. The molecule has 0 spiro atoms. The molecule has 4 fully saturated rings. The number of unbranched alkanes of at least 4 members (excludes halogenated alkanes) is 3. The van der Waals surface area contributed by atoms with Crippen LogP contribution in [0.2, 0.25) is 0 Å². The molecule has 35 nitrogen and oxygen atoms in total. The highest BCUT2D eigenvalue weighted by Gasteiger charge is 2.51. The van der Waals surface area contributed by atoms with E-state index in [1.165, 1.54) is 0 Å². The predicted octanol–water partition coefficient (Wildman–Crippen LogP) is -0.246. The van der Waals surface area contributed by atoms with E-state index in [4.69, 9.17) is 0 Å². The van der Waals surface area contributed by atoms with E-state index in [1.807, 2.05) is 6.92 Å². The van der Waals surface area contributed by atoms with Gasteiger partial charge in [0, 0.05) is 101 Å². The molecule has 0 bridgehead atoms. The zero-order chi connectivity index (χ0) is 75.9. The summed E-state index contributed by atoms with van der Waals surface area (Å²) in [5, 5.41) is 162. The Morgan fingerprint density at radius 2 is 0.865 bits per heavy atom. The van der Waals surface area contributed by atoms with Crippen molar-refractivity contribution in [1.82, 2.24) is 36.5 Å². The smallest absolute Gasteiger partial charge is 0.423 e. The molecule has 4 aromatic carbocycles. The van der Waals surface area contributed by atoms with Crippen LogP contribution in [0.1, 0.15) is 183 Å². The minimum absolute atomic E-state index is 0.00806. The zero-order valence-corrected chi connectivity index (χ0v) is 57.3. The van der Waals surface area contributed by atoms with E-state index < -0.39 is 160 Å². The fourth-order valence-electron chi connectivity index (χ4n) is 15.2. The Bertz CT molecular complexity index is 3820. The Balaban J connectivity index is 0.912. The average Bonchev–Trinajstić information content (AvgIpc) is 1.48. The fraction of sp³-hybridized carbons (Fsp3) is 0.538. The number of hydroxylamine groups is 1. The molecule has 4 aromatic rings. The average molecular weight is 1450 g/mol. The minimum Gasteiger partial charge on any atom is -0.423 e. The normalized spacial score (nSPS) is 22.2. The second-order valence-corrected chi connectivity index (χ2v) is 27.7. The van der Waals surface area contributed by atoms with Gasteiger partial charge in [-0.05, 0) is 154 Å². The van der Waals surface area contributed by atoms with Crippen molar-refractivity contribution in [1.29, 1.82) is 0 Å². The molecule has 39 heteroatoms. The minimum atomic E-state index is -2.24. The number of rotatable bonds is 32. The van der Waals surface area contributed by atoms with Gasteiger partial charge in [0.05, 0.1) is 37.4 Å². The molecule has 4 saturated carbocycles. The van der Waals surface area contributed by atoms with Crippen LogP contribution in [0.25, 0.3) is 0 Å². The lowest BCUT2D eigenvalue weighted by Crippen LogP contribution is -2.57. The number of fused-ring (bicyclic) bond motifs is 1. The predicted molar refractivity (Wildman–Crippen MR) is 376 cm³/mol. The maximum Gasteiger partial charge on any atom is 0.488 e. The van der Waals surface area contributed by atoms with Crippen molar-refractivity contribution < 1.29 is 99.0 Å². The summed E-state index contributed by atoms with van der Waals surface area (Å²) in [4.78, 5) is 132.